The zero-order valence-corrected chi connectivity index (χ0v) is 8.71. The van der Waals surface area contributed by atoms with Crippen LogP contribution in [0.1, 0.15) is 27.2 Å². The van der Waals surface area contributed by atoms with E-state index in [1.54, 1.807) is 0 Å². The standard InChI is InChI=1S/C10H20N2O/c1-7(2)6-10(12-11)9-4-5-13-8(9)3/h6,8-10,12H,4-5,11H2,1-3H3. The molecule has 0 spiro atoms. The number of hydrogen-bond acceptors (Lipinski definition) is 3. The van der Waals surface area contributed by atoms with Gasteiger partial charge < -0.3 is 4.74 Å². The zero-order chi connectivity index (χ0) is 9.84. The first-order valence-corrected chi connectivity index (χ1v) is 4.88. The lowest BCUT2D eigenvalue weighted by atomic mass is 9.93. The lowest BCUT2D eigenvalue weighted by Gasteiger charge is -2.22. The Balaban J connectivity index is 2.60. The molecule has 1 saturated heterocycles. The van der Waals surface area contributed by atoms with E-state index in [1.165, 1.54) is 5.57 Å². The maximum absolute atomic E-state index is 5.51. The predicted molar refractivity (Wildman–Crippen MR) is 54.1 cm³/mol. The third-order valence-electron chi connectivity index (χ3n) is 2.60. The average Bonchev–Trinajstić information content (AvgIpc) is 2.47. The molecule has 1 fully saturated rings. The highest BCUT2D eigenvalue weighted by Gasteiger charge is 2.29. The predicted octanol–water partition coefficient (Wildman–Crippen LogP) is 1.21. The molecule has 1 aliphatic heterocycles. The van der Waals surface area contributed by atoms with Gasteiger partial charge in [0.1, 0.15) is 0 Å². The Morgan fingerprint density at radius 2 is 2.31 bits per heavy atom. The first kappa shape index (κ1) is 10.7. The van der Waals surface area contributed by atoms with E-state index in [0.29, 0.717) is 12.0 Å². The maximum Gasteiger partial charge on any atom is 0.0594 e. The molecule has 3 unspecified atom stereocenters. The molecule has 0 radical (unpaired) electrons. The van der Waals surface area contributed by atoms with Crippen LogP contribution < -0.4 is 11.3 Å². The van der Waals surface area contributed by atoms with Gasteiger partial charge in [0.25, 0.3) is 0 Å². The van der Waals surface area contributed by atoms with Gasteiger partial charge in [0, 0.05) is 18.6 Å². The van der Waals surface area contributed by atoms with E-state index in [-0.39, 0.29) is 6.04 Å². The van der Waals surface area contributed by atoms with Crippen molar-refractivity contribution < 1.29 is 4.74 Å². The summed E-state index contributed by atoms with van der Waals surface area (Å²) in [6.45, 7) is 7.15. The topological polar surface area (TPSA) is 47.3 Å². The summed E-state index contributed by atoms with van der Waals surface area (Å²) in [7, 11) is 0. The Labute approximate surface area is 80.3 Å². The van der Waals surface area contributed by atoms with Crippen molar-refractivity contribution in [2.24, 2.45) is 11.8 Å². The monoisotopic (exact) mass is 184 g/mol. The molecule has 1 rings (SSSR count). The minimum Gasteiger partial charge on any atom is -0.378 e. The molecule has 0 aromatic carbocycles. The third kappa shape index (κ3) is 2.79. The average molecular weight is 184 g/mol. The summed E-state index contributed by atoms with van der Waals surface area (Å²) in [6, 6.07) is 0.252. The Kier molecular flexibility index (Phi) is 3.90. The molecule has 0 saturated carbocycles. The van der Waals surface area contributed by atoms with Crippen molar-refractivity contribution in [3.63, 3.8) is 0 Å². The minimum atomic E-state index is 0.252. The molecular formula is C10H20N2O. The fourth-order valence-corrected chi connectivity index (χ4v) is 1.87. The molecule has 0 aromatic rings. The molecule has 0 bridgehead atoms. The molecule has 3 nitrogen and oxygen atoms in total. The van der Waals surface area contributed by atoms with Gasteiger partial charge in [-0.25, -0.2) is 0 Å². The number of ether oxygens (including phenoxy) is 1. The molecule has 3 heteroatoms. The van der Waals surface area contributed by atoms with Crippen LogP contribution in [0.5, 0.6) is 0 Å². The summed E-state index contributed by atoms with van der Waals surface area (Å²) in [5, 5.41) is 0. The molecule has 0 amide bonds. The van der Waals surface area contributed by atoms with Crippen LogP contribution in [-0.4, -0.2) is 18.8 Å². The van der Waals surface area contributed by atoms with Crippen molar-refractivity contribution in [2.75, 3.05) is 6.61 Å². The SMILES string of the molecule is CC(C)=CC(NN)C1CCOC1C. The van der Waals surface area contributed by atoms with E-state index < -0.39 is 0 Å². The van der Waals surface area contributed by atoms with Crippen LogP contribution in [0.15, 0.2) is 11.6 Å². The van der Waals surface area contributed by atoms with Crippen LogP contribution in [0, 0.1) is 5.92 Å². The molecule has 1 aliphatic rings. The first-order chi connectivity index (χ1) is 6.15. The van der Waals surface area contributed by atoms with Gasteiger partial charge in [0.05, 0.1) is 6.10 Å². The number of allylic oxidation sites excluding steroid dienone is 1. The fourth-order valence-electron chi connectivity index (χ4n) is 1.87. The van der Waals surface area contributed by atoms with E-state index in [2.05, 4.69) is 32.3 Å². The molecule has 1 heterocycles. The Morgan fingerprint density at radius 3 is 2.69 bits per heavy atom. The number of nitrogens with one attached hydrogen (secondary N) is 1. The van der Waals surface area contributed by atoms with E-state index in [4.69, 9.17) is 10.6 Å². The van der Waals surface area contributed by atoms with Crippen LogP contribution in [0.4, 0.5) is 0 Å². The molecule has 3 N–H and O–H groups in total. The van der Waals surface area contributed by atoms with E-state index in [1.807, 2.05) is 0 Å². The Morgan fingerprint density at radius 1 is 1.62 bits per heavy atom. The fraction of sp³-hybridized carbons (Fsp3) is 0.800. The third-order valence-corrected chi connectivity index (χ3v) is 2.60. The Bertz CT molecular complexity index is 187. The van der Waals surface area contributed by atoms with Crippen molar-refractivity contribution in [3.05, 3.63) is 11.6 Å². The van der Waals surface area contributed by atoms with Gasteiger partial charge in [-0.3, -0.25) is 11.3 Å². The van der Waals surface area contributed by atoms with E-state index >= 15 is 0 Å². The van der Waals surface area contributed by atoms with Crippen molar-refractivity contribution in [1.29, 1.82) is 0 Å². The van der Waals surface area contributed by atoms with Crippen LogP contribution in [0.3, 0.4) is 0 Å². The van der Waals surface area contributed by atoms with Gasteiger partial charge in [-0.1, -0.05) is 11.6 Å². The second-order valence-electron chi connectivity index (χ2n) is 3.96. The summed E-state index contributed by atoms with van der Waals surface area (Å²) in [5.41, 5.74) is 4.14. The zero-order valence-electron chi connectivity index (χ0n) is 8.71. The molecule has 0 aliphatic carbocycles. The van der Waals surface area contributed by atoms with E-state index in [0.717, 1.165) is 13.0 Å². The first-order valence-electron chi connectivity index (χ1n) is 4.88. The van der Waals surface area contributed by atoms with Gasteiger partial charge in [0.2, 0.25) is 0 Å². The maximum atomic E-state index is 5.51. The second-order valence-corrected chi connectivity index (χ2v) is 3.96. The summed E-state index contributed by atoms with van der Waals surface area (Å²) >= 11 is 0. The summed E-state index contributed by atoms with van der Waals surface area (Å²) in [5.74, 6) is 6.03. The number of rotatable bonds is 3. The highest BCUT2D eigenvalue weighted by Crippen LogP contribution is 2.24. The van der Waals surface area contributed by atoms with Crippen LogP contribution in [0.25, 0.3) is 0 Å². The smallest absolute Gasteiger partial charge is 0.0594 e. The molecule has 3 atom stereocenters. The van der Waals surface area contributed by atoms with Crippen LogP contribution in [0.2, 0.25) is 0 Å². The number of hydrogen-bond donors (Lipinski definition) is 2. The summed E-state index contributed by atoms with van der Waals surface area (Å²) in [6.07, 6.45) is 3.59. The van der Waals surface area contributed by atoms with Crippen molar-refractivity contribution in [1.82, 2.24) is 5.43 Å². The molecule has 0 aromatic heterocycles. The second kappa shape index (κ2) is 4.74. The Hall–Kier alpha value is -0.380. The number of nitrogens with two attached hydrogens (primary N) is 1. The van der Waals surface area contributed by atoms with Crippen molar-refractivity contribution in [2.45, 2.75) is 39.3 Å². The molecule has 13 heavy (non-hydrogen) atoms. The minimum absolute atomic E-state index is 0.252. The van der Waals surface area contributed by atoms with E-state index in [9.17, 15) is 0 Å². The summed E-state index contributed by atoms with van der Waals surface area (Å²) < 4.78 is 5.50. The quantitative estimate of drug-likeness (QED) is 0.394. The van der Waals surface area contributed by atoms with Gasteiger partial charge in [0.15, 0.2) is 0 Å². The highest BCUT2D eigenvalue weighted by molar-refractivity contribution is 5.04. The molecule has 76 valence electrons. The molecular weight excluding hydrogens is 164 g/mol. The number of hydrazine groups is 1. The summed E-state index contributed by atoms with van der Waals surface area (Å²) in [4.78, 5) is 0. The van der Waals surface area contributed by atoms with Crippen molar-refractivity contribution in [3.8, 4) is 0 Å². The van der Waals surface area contributed by atoms with Gasteiger partial charge in [-0.2, -0.15) is 0 Å². The lowest BCUT2D eigenvalue weighted by Crippen LogP contribution is -2.42. The van der Waals surface area contributed by atoms with Gasteiger partial charge >= 0.3 is 0 Å². The van der Waals surface area contributed by atoms with Gasteiger partial charge in [-0.15, -0.1) is 0 Å². The highest BCUT2D eigenvalue weighted by atomic mass is 16.5. The lowest BCUT2D eigenvalue weighted by molar-refractivity contribution is 0.0999. The van der Waals surface area contributed by atoms with Gasteiger partial charge in [-0.05, 0) is 27.2 Å². The largest absolute Gasteiger partial charge is 0.378 e. The van der Waals surface area contributed by atoms with Crippen LogP contribution in [-0.2, 0) is 4.74 Å². The van der Waals surface area contributed by atoms with Crippen LogP contribution >= 0.6 is 0 Å². The van der Waals surface area contributed by atoms with Crippen molar-refractivity contribution >= 4 is 0 Å². The normalized spacial score (nSPS) is 30.2.